The summed E-state index contributed by atoms with van der Waals surface area (Å²) in [6.07, 6.45) is 0. The van der Waals surface area contributed by atoms with Crippen molar-refractivity contribution < 1.29 is 9.59 Å². The maximum absolute atomic E-state index is 12.3. The fraction of sp³-hybridized carbons (Fsp3) is 0.235. The Morgan fingerprint density at radius 3 is 2.48 bits per heavy atom. The van der Waals surface area contributed by atoms with Gasteiger partial charge in [0.05, 0.1) is 10.3 Å². The summed E-state index contributed by atoms with van der Waals surface area (Å²) in [6.45, 7) is 5.76. The molecule has 0 saturated heterocycles. The van der Waals surface area contributed by atoms with Crippen LogP contribution in [0.25, 0.3) is 10.2 Å². The molecule has 0 aliphatic rings. The van der Waals surface area contributed by atoms with E-state index in [1.165, 1.54) is 11.3 Å². The van der Waals surface area contributed by atoms with E-state index in [4.69, 9.17) is 11.6 Å². The Labute approximate surface area is 153 Å². The van der Waals surface area contributed by atoms with Crippen LogP contribution >= 0.6 is 22.9 Å². The first-order chi connectivity index (χ1) is 11.7. The Balaban J connectivity index is 1.82. The Hall–Kier alpha value is -2.38. The van der Waals surface area contributed by atoms with Gasteiger partial charge in [0.15, 0.2) is 0 Å². The number of rotatable bonds is 3. The van der Waals surface area contributed by atoms with Crippen LogP contribution in [0.4, 0.5) is 5.82 Å². The van der Waals surface area contributed by atoms with Gasteiger partial charge in [-0.1, -0.05) is 11.6 Å². The number of fused-ring (bicyclic) bond motifs is 1. The van der Waals surface area contributed by atoms with Crippen LogP contribution < -0.4 is 10.6 Å². The second-order valence-corrected chi connectivity index (χ2v) is 8.06. The molecule has 0 bridgehead atoms. The zero-order chi connectivity index (χ0) is 18.2. The second kappa shape index (κ2) is 6.50. The molecule has 2 aromatic heterocycles. The molecule has 130 valence electrons. The highest BCUT2D eigenvalue weighted by molar-refractivity contribution is 7.20. The minimum atomic E-state index is -0.323. The van der Waals surface area contributed by atoms with E-state index < -0.39 is 0 Å². The number of thiophene rings is 1. The predicted octanol–water partition coefficient (Wildman–Crippen LogP) is 4.06. The zero-order valence-electron chi connectivity index (χ0n) is 13.9. The van der Waals surface area contributed by atoms with Gasteiger partial charge in [0.2, 0.25) is 0 Å². The van der Waals surface area contributed by atoms with Gasteiger partial charge in [0.1, 0.15) is 10.6 Å². The molecular formula is C17H17ClN4O2S. The molecule has 8 heteroatoms. The number of benzene rings is 1. The lowest BCUT2D eigenvalue weighted by molar-refractivity contribution is 0.0923. The highest BCUT2D eigenvalue weighted by Crippen LogP contribution is 2.29. The number of amides is 2. The van der Waals surface area contributed by atoms with E-state index in [-0.39, 0.29) is 17.4 Å². The smallest absolute Gasteiger partial charge is 0.261 e. The Kier molecular flexibility index (Phi) is 4.53. The molecule has 3 aromatic rings. The van der Waals surface area contributed by atoms with Crippen molar-refractivity contribution in [1.29, 1.82) is 0 Å². The molecule has 3 rings (SSSR count). The van der Waals surface area contributed by atoms with Crippen molar-refractivity contribution >= 4 is 50.8 Å². The summed E-state index contributed by atoms with van der Waals surface area (Å²) in [5, 5.41) is 13.9. The van der Waals surface area contributed by atoms with Crippen molar-refractivity contribution in [2.24, 2.45) is 0 Å². The van der Waals surface area contributed by atoms with Crippen LogP contribution in [-0.2, 0) is 0 Å². The van der Waals surface area contributed by atoms with Crippen molar-refractivity contribution in [3.05, 3.63) is 45.8 Å². The lowest BCUT2D eigenvalue weighted by Gasteiger charge is -2.19. The number of carbonyl (C=O) groups excluding carboxylic acids is 2. The van der Waals surface area contributed by atoms with Gasteiger partial charge in [0, 0.05) is 16.1 Å². The van der Waals surface area contributed by atoms with E-state index in [0.29, 0.717) is 31.5 Å². The summed E-state index contributed by atoms with van der Waals surface area (Å²) in [5.41, 5.74) is 0.157. The molecule has 0 unspecified atom stereocenters. The normalized spacial score (nSPS) is 11.5. The van der Waals surface area contributed by atoms with E-state index in [1.54, 1.807) is 30.3 Å². The predicted molar refractivity (Wildman–Crippen MR) is 101 cm³/mol. The molecule has 1 aromatic carbocycles. The minimum Gasteiger partial charge on any atom is -0.347 e. The molecule has 25 heavy (non-hydrogen) atoms. The molecule has 0 spiro atoms. The van der Waals surface area contributed by atoms with Crippen LogP contribution in [0, 0.1) is 0 Å². The van der Waals surface area contributed by atoms with Crippen molar-refractivity contribution in [2.45, 2.75) is 26.3 Å². The van der Waals surface area contributed by atoms with Crippen LogP contribution in [0.2, 0.25) is 5.02 Å². The molecule has 3 N–H and O–H groups in total. The standard InChI is InChI=1S/C17H17ClN4O2S/c1-17(2,3)20-15(24)12-8-11-13(21-22-16(11)25-12)19-14(23)9-4-6-10(18)7-5-9/h4-8H,1-3H3,(H,20,24)(H2,19,21,22,23). The van der Waals surface area contributed by atoms with Gasteiger partial charge in [-0.2, -0.15) is 5.10 Å². The van der Waals surface area contributed by atoms with Crippen molar-refractivity contribution in [1.82, 2.24) is 15.5 Å². The Bertz CT molecular complexity index is 938. The second-order valence-electron chi connectivity index (χ2n) is 6.59. The van der Waals surface area contributed by atoms with Gasteiger partial charge in [-0.15, -0.1) is 11.3 Å². The van der Waals surface area contributed by atoms with Gasteiger partial charge in [-0.25, -0.2) is 0 Å². The topological polar surface area (TPSA) is 86.9 Å². The number of hydrogen-bond acceptors (Lipinski definition) is 4. The fourth-order valence-electron chi connectivity index (χ4n) is 2.21. The molecule has 0 saturated carbocycles. The van der Waals surface area contributed by atoms with Gasteiger partial charge >= 0.3 is 0 Å². The van der Waals surface area contributed by atoms with Crippen LogP contribution in [0.3, 0.4) is 0 Å². The highest BCUT2D eigenvalue weighted by atomic mass is 35.5. The number of aromatic nitrogens is 2. The maximum Gasteiger partial charge on any atom is 0.261 e. The van der Waals surface area contributed by atoms with Crippen LogP contribution in [0.5, 0.6) is 0 Å². The van der Waals surface area contributed by atoms with E-state index in [2.05, 4.69) is 20.8 Å². The lowest BCUT2D eigenvalue weighted by Crippen LogP contribution is -2.40. The summed E-state index contributed by atoms with van der Waals surface area (Å²) in [4.78, 5) is 25.8. The summed E-state index contributed by atoms with van der Waals surface area (Å²) < 4.78 is 0. The largest absolute Gasteiger partial charge is 0.347 e. The Morgan fingerprint density at radius 2 is 1.84 bits per heavy atom. The molecular weight excluding hydrogens is 360 g/mol. The molecule has 0 atom stereocenters. The number of hydrogen-bond donors (Lipinski definition) is 3. The van der Waals surface area contributed by atoms with E-state index in [9.17, 15) is 9.59 Å². The highest BCUT2D eigenvalue weighted by Gasteiger charge is 2.20. The molecule has 6 nitrogen and oxygen atoms in total. The Morgan fingerprint density at radius 1 is 1.16 bits per heavy atom. The number of H-pyrrole nitrogens is 1. The first-order valence-electron chi connectivity index (χ1n) is 7.60. The van der Waals surface area contributed by atoms with Gasteiger partial charge in [-0.3, -0.25) is 14.7 Å². The first-order valence-corrected chi connectivity index (χ1v) is 8.80. The third-order valence-corrected chi connectivity index (χ3v) is 4.59. The summed E-state index contributed by atoms with van der Waals surface area (Å²) in [7, 11) is 0. The fourth-order valence-corrected chi connectivity index (χ4v) is 3.22. The van der Waals surface area contributed by atoms with Crippen LogP contribution in [0.1, 0.15) is 40.8 Å². The third kappa shape index (κ3) is 4.00. The monoisotopic (exact) mass is 376 g/mol. The number of anilines is 1. The number of aromatic amines is 1. The SMILES string of the molecule is CC(C)(C)NC(=O)c1cc2c(NC(=O)c3ccc(Cl)cc3)[nH]nc2s1. The number of nitrogens with zero attached hydrogens (tertiary/aromatic N) is 1. The average molecular weight is 377 g/mol. The molecule has 0 aliphatic carbocycles. The van der Waals surface area contributed by atoms with Crippen molar-refractivity contribution in [2.75, 3.05) is 5.32 Å². The van der Waals surface area contributed by atoms with Crippen LogP contribution in [-0.4, -0.2) is 27.6 Å². The lowest BCUT2D eigenvalue weighted by atomic mass is 10.1. The number of halogens is 1. The third-order valence-electron chi connectivity index (χ3n) is 3.31. The van der Waals surface area contributed by atoms with E-state index >= 15 is 0 Å². The van der Waals surface area contributed by atoms with Crippen molar-refractivity contribution in [3.63, 3.8) is 0 Å². The van der Waals surface area contributed by atoms with Crippen LogP contribution in [0.15, 0.2) is 30.3 Å². The van der Waals surface area contributed by atoms with Crippen molar-refractivity contribution in [3.8, 4) is 0 Å². The number of carbonyl (C=O) groups is 2. The molecule has 2 heterocycles. The van der Waals surface area contributed by atoms with E-state index in [0.717, 1.165) is 0 Å². The molecule has 2 amide bonds. The van der Waals surface area contributed by atoms with Gasteiger partial charge in [0.25, 0.3) is 11.8 Å². The number of nitrogens with one attached hydrogen (secondary N) is 3. The van der Waals surface area contributed by atoms with Gasteiger partial charge in [-0.05, 0) is 51.1 Å². The zero-order valence-corrected chi connectivity index (χ0v) is 15.5. The maximum atomic E-state index is 12.3. The summed E-state index contributed by atoms with van der Waals surface area (Å²) in [6, 6.07) is 8.31. The first kappa shape index (κ1) is 17.4. The summed E-state index contributed by atoms with van der Waals surface area (Å²) >= 11 is 7.10. The minimum absolute atomic E-state index is 0.162. The van der Waals surface area contributed by atoms with Gasteiger partial charge < -0.3 is 10.6 Å². The van der Waals surface area contributed by atoms with E-state index in [1.807, 2.05) is 20.8 Å². The quantitative estimate of drug-likeness (QED) is 0.644. The summed E-state index contributed by atoms with van der Waals surface area (Å²) in [5.74, 6) is 0.0144. The average Bonchev–Trinajstić information content (AvgIpc) is 3.08. The molecule has 0 fully saturated rings. The molecule has 0 radical (unpaired) electrons. The molecule has 0 aliphatic heterocycles.